The number of hydrogen-bond acceptors (Lipinski definition) is 5. The van der Waals surface area contributed by atoms with Crippen molar-refractivity contribution in [3.8, 4) is 0 Å². The summed E-state index contributed by atoms with van der Waals surface area (Å²) in [4.78, 5) is 42.1. The summed E-state index contributed by atoms with van der Waals surface area (Å²) in [6, 6.07) is 7.86. The first-order chi connectivity index (χ1) is 13.5. The molecule has 0 aliphatic carbocycles. The number of anilines is 2. The molecule has 7 heteroatoms. The van der Waals surface area contributed by atoms with Crippen LogP contribution in [-0.4, -0.2) is 62.0 Å². The van der Waals surface area contributed by atoms with E-state index >= 15 is 0 Å². The van der Waals surface area contributed by atoms with Gasteiger partial charge in [0.1, 0.15) is 0 Å². The fourth-order valence-corrected chi connectivity index (χ4v) is 3.80. The van der Waals surface area contributed by atoms with Gasteiger partial charge in [0.05, 0.1) is 12.5 Å². The highest BCUT2D eigenvalue weighted by Crippen LogP contribution is 2.28. The molecule has 0 unspecified atom stereocenters. The Balaban J connectivity index is 1.58. The number of carbonyl (C=O) groups is 3. The summed E-state index contributed by atoms with van der Waals surface area (Å²) < 4.78 is 5.05. The maximum Gasteiger partial charge on any atom is 0.311 e. The second kappa shape index (κ2) is 9.08. The number of ether oxygens (including phenoxy) is 1. The van der Waals surface area contributed by atoms with Crippen LogP contribution in [0, 0.1) is 5.92 Å². The topological polar surface area (TPSA) is 70.2 Å². The quantitative estimate of drug-likeness (QED) is 0.699. The number of piperazine rings is 1. The SMILES string of the molecule is CCCC(=O)N1CCN(c2ccc(N3C[C@H](C(=O)OCC)CC3=O)cc2)CC1. The Bertz CT molecular complexity index is 711. The maximum atomic E-state index is 12.3. The first-order valence-electron chi connectivity index (χ1n) is 10.1. The molecule has 3 rings (SSSR count). The van der Waals surface area contributed by atoms with Crippen molar-refractivity contribution in [2.45, 2.75) is 33.1 Å². The predicted molar refractivity (Wildman–Crippen MR) is 107 cm³/mol. The molecule has 2 heterocycles. The molecule has 0 aromatic heterocycles. The Morgan fingerprint density at radius 3 is 2.29 bits per heavy atom. The van der Waals surface area contributed by atoms with E-state index in [4.69, 9.17) is 4.74 Å². The van der Waals surface area contributed by atoms with E-state index in [1.165, 1.54) is 0 Å². The average Bonchev–Trinajstić information content (AvgIpc) is 3.10. The molecule has 1 aromatic carbocycles. The van der Waals surface area contributed by atoms with E-state index in [2.05, 4.69) is 4.90 Å². The summed E-state index contributed by atoms with van der Waals surface area (Å²) in [6.45, 7) is 7.59. The van der Waals surface area contributed by atoms with E-state index in [1.807, 2.05) is 36.1 Å². The minimum Gasteiger partial charge on any atom is -0.466 e. The van der Waals surface area contributed by atoms with Crippen LogP contribution in [-0.2, 0) is 19.1 Å². The zero-order valence-corrected chi connectivity index (χ0v) is 16.7. The standard InChI is InChI=1S/C21H29N3O4/c1-3-5-19(25)23-12-10-22(11-13-23)17-6-8-18(9-7-17)24-15-16(14-20(24)26)21(27)28-4-2/h6-9,16H,3-5,10-15H2,1-2H3/t16-/m1/s1. The highest BCUT2D eigenvalue weighted by atomic mass is 16.5. The van der Waals surface area contributed by atoms with Crippen molar-refractivity contribution < 1.29 is 19.1 Å². The Hall–Kier alpha value is -2.57. The molecule has 2 aliphatic heterocycles. The molecule has 2 fully saturated rings. The molecule has 2 saturated heterocycles. The van der Waals surface area contributed by atoms with E-state index in [9.17, 15) is 14.4 Å². The second-order valence-electron chi connectivity index (χ2n) is 7.29. The Kier molecular flexibility index (Phi) is 6.54. The number of esters is 1. The van der Waals surface area contributed by atoms with Crippen molar-refractivity contribution >= 4 is 29.2 Å². The van der Waals surface area contributed by atoms with Gasteiger partial charge in [-0.25, -0.2) is 0 Å². The Labute approximate surface area is 166 Å². The van der Waals surface area contributed by atoms with Gasteiger partial charge in [0.25, 0.3) is 0 Å². The van der Waals surface area contributed by atoms with Crippen LogP contribution in [0.5, 0.6) is 0 Å². The molecule has 0 spiro atoms. The molecule has 0 radical (unpaired) electrons. The van der Waals surface area contributed by atoms with Gasteiger partial charge in [-0.05, 0) is 37.6 Å². The molecule has 152 valence electrons. The van der Waals surface area contributed by atoms with E-state index in [-0.39, 0.29) is 30.1 Å². The number of nitrogens with zero attached hydrogens (tertiary/aromatic N) is 3. The van der Waals surface area contributed by atoms with Gasteiger partial charge in [-0.2, -0.15) is 0 Å². The van der Waals surface area contributed by atoms with Crippen LogP contribution in [0.25, 0.3) is 0 Å². The molecule has 2 aliphatic rings. The van der Waals surface area contributed by atoms with Crippen molar-refractivity contribution in [1.29, 1.82) is 0 Å². The summed E-state index contributed by atoms with van der Waals surface area (Å²) in [5.41, 5.74) is 1.89. The fourth-order valence-electron chi connectivity index (χ4n) is 3.80. The van der Waals surface area contributed by atoms with E-state index in [0.717, 1.165) is 44.0 Å². The second-order valence-corrected chi connectivity index (χ2v) is 7.29. The smallest absolute Gasteiger partial charge is 0.311 e. The van der Waals surface area contributed by atoms with Crippen LogP contribution in [0.15, 0.2) is 24.3 Å². The molecular weight excluding hydrogens is 358 g/mol. The lowest BCUT2D eigenvalue weighted by molar-refractivity contribution is -0.147. The van der Waals surface area contributed by atoms with Crippen LogP contribution in [0.4, 0.5) is 11.4 Å². The van der Waals surface area contributed by atoms with E-state index < -0.39 is 0 Å². The Morgan fingerprint density at radius 1 is 1.04 bits per heavy atom. The van der Waals surface area contributed by atoms with Crippen LogP contribution >= 0.6 is 0 Å². The number of carbonyl (C=O) groups excluding carboxylic acids is 3. The number of rotatable bonds is 6. The molecule has 28 heavy (non-hydrogen) atoms. The van der Waals surface area contributed by atoms with Crippen LogP contribution in [0.2, 0.25) is 0 Å². The molecule has 1 atom stereocenters. The Morgan fingerprint density at radius 2 is 1.68 bits per heavy atom. The van der Waals surface area contributed by atoms with Gasteiger partial charge in [-0.3, -0.25) is 14.4 Å². The predicted octanol–water partition coefficient (Wildman–Crippen LogP) is 2.05. The van der Waals surface area contributed by atoms with E-state index in [1.54, 1.807) is 11.8 Å². The minimum atomic E-state index is -0.388. The molecule has 0 N–H and O–H groups in total. The summed E-state index contributed by atoms with van der Waals surface area (Å²) >= 11 is 0. The monoisotopic (exact) mass is 387 g/mol. The molecule has 0 saturated carbocycles. The van der Waals surface area contributed by atoms with Crippen LogP contribution in [0.3, 0.4) is 0 Å². The molecule has 0 bridgehead atoms. The van der Waals surface area contributed by atoms with Crippen LogP contribution in [0.1, 0.15) is 33.1 Å². The normalized spacial score (nSPS) is 19.9. The van der Waals surface area contributed by atoms with Crippen molar-refractivity contribution in [3.05, 3.63) is 24.3 Å². The zero-order chi connectivity index (χ0) is 20.1. The highest BCUT2D eigenvalue weighted by molar-refractivity contribution is 5.99. The first kappa shape index (κ1) is 20.2. The number of amides is 2. The van der Waals surface area contributed by atoms with Crippen molar-refractivity contribution in [3.63, 3.8) is 0 Å². The number of benzene rings is 1. The zero-order valence-electron chi connectivity index (χ0n) is 16.7. The third kappa shape index (κ3) is 4.46. The van der Waals surface area contributed by atoms with Gasteiger partial charge in [0.15, 0.2) is 0 Å². The summed E-state index contributed by atoms with van der Waals surface area (Å²) in [6.07, 6.45) is 1.70. The van der Waals surface area contributed by atoms with Crippen molar-refractivity contribution in [2.75, 3.05) is 49.1 Å². The summed E-state index contributed by atoms with van der Waals surface area (Å²) in [5.74, 6) is -0.499. The largest absolute Gasteiger partial charge is 0.466 e. The lowest BCUT2D eigenvalue weighted by atomic mass is 10.1. The molecule has 2 amide bonds. The lowest BCUT2D eigenvalue weighted by Crippen LogP contribution is -2.48. The molecule has 1 aromatic rings. The maximum absolute atomic E-state index is 12.3. The van der Waals surface area contributed by atoms with Gasteiger partial charge < -0.3 is 19.4 Å². The van der Waals surface area contributed by atoms with Crippen molar-refractivity contribution in [1.82, 2.24) is 4.90 Å². The molecule has 7 nitrogen and oxygen atoms in total. The summed E-state index contributed by atoms with van der Waals surface area (Å²) in [7, 11) is 0. The van der Waals surface area contributed by atoms with Gasteiger partial charge in [0.2, 0.25) is 11.8 Å². The average molecular weight is 387 g/mol. The van der Waals surface area contributed by atoms with E-state index in [0.29, 0.717) is 19.6 Å². The third-order valence-corrected chi connectivity index (χ3v) is 5.37. The van der Waals surface area contributed by atoms with Gasteiger partial charge >= 0.3 is 5.97 Å². The molecular formula is C21H29N3O4. The van der Waals surface area contributed by atoms with Crippen molar-refractivity contribution in [2.24, 2.45) is 5.92 Å². The van der Waals surface area contributed by atoms with Crippen LogP contribution < -0.4 is 9.80 Å². The third-order valence-electron chi connectivity index (χ3n) is 5.37. The fraction of sp³-hybridized carbons (Fsp3) is 0.571. The number of hydrogen-bond donors (Lipinski definition) is 0. The van der Waals surface area contributed by atoms with Gasteiger partial charge in [0, 0.05) is 56.9 Å². The summed E-state index contributed by atoms with van der Waals surface area (Å²) in [5, 5.41) is 0. The minimum absolute atomic E-state index is 0.0474. The van der Waals surface area contributed by atoms with Gasteiger partial charge in [-0.15, -0.1) is 0 Å². The highest BCUT2D eigenvalue weighted by Gasteiger charge is 2.36. The van der Waals surface area contributed by atoms with Gasteiger partial charge in [-0.1, -0.05) is 6.92 Å². The first-order valence-corrected chi connectivity index (χ1v) is 10.1. The lowest BCUT2D eigenvalue weighted by Gasteiger charge is -2.36.